The lowest BCUT2D eigenvalue weighted by Crippen LogP contribution is -2.44. The van der Waals surface area contributed by atoms with Crippen molar-refractivity contribution in [2.45, 2.75) is 25.2 Å². The van der Waals surface area contributed by atoms with Gasteiger partial charge < -0.3 is 10.4 Å². The van der Waals surface area contributed by atoms with E-state index in [9.17, 15) is 23.1 Å². The molecule has 2 N–H and O–H groups in total. The molecule has 0 aliphatic carbocycles. The van der Waals surface area contributed by atoms with Crippen LogP contribution in [0.1, 0.15) is 25.3 Å². The van der Waals surface area contributed by atoms with E-state index in [1.165, 1.54) is 0 Å². The van der Waals surface area contributed by atoms with Crippen LogP contribution in [0.3, 0.4) is 0 Å². The molecule has 1 heterocycles. The Hall–Kier alpha value is -1.89. The summed E-state index contributed by atoms with van der Waals surface area (Å²) in [5.74, 6) is -1.34. The highest BCUT2D eigenvalue weighted by molar-refractivity contribution is 7.91. The van der Waals surface area contributed by atoms with Crippen molar-refractivity contribution >= 4 is 21.7 Å². The second kappa shape index (κ2) is 6.70. The molecule has 0 saturated carbocycles. The lowest BCUT2D eigenvalue weighted by molar-refractivity contribution is -0.143. The van der Waals surface area contributed by atoms with E-state index in [-0.39, 0.29) is 36.3 Å². The number of hydrogen-bond donors (Lipinski definition) is 2. The van der Waals surface area contributed by atoms with Crippen LogP contribution in [0.2, 0.25) is 0 Å². The maximum Gasteiger partial charge on any atom is 0.315 e. The Balaban J connectivity index is 1.97. The summed E-state index contributed by atoms with van der Waals surface area (Å²) in [4.78, 5) is 23.6. The predicted octanol–water partition coefficient (Wildman–Crippen LogP) is 0.970. The zero-order valence-electron chi connectivity index (χ0n) is 13.0. The molecule has 126 valence electrons. The molecule has 1 aliphatic rings. The molecule has 23 heavy (non-hydrogen) atoms. The molecule has 2 unspecified atom stereocenters. The Bertz CT molecular complexity index is 686. The summed E-state index contributed by atoms with van der Waals surface area (Å²) < 4.78 is 22.8. The minimum Gasteiger partial charge on any atom is -0.481 e. The van der Waals surface area contributed by atoms with Crippen molar-refractivity contribution in [2.24, 2.45) is 5.92 Å². The van der Waals surface area contributed by atoms with E-state index in [2.05, 4.69) is 5.32 Å². The van der Waals surface area contributed by atoms with Crippen LogP contribution in [0.25, 0.3) is 0 Å². The third-order valence-electron chi connectivity index (χ3n) is 4.32. The number of benzene rings is 1. The van der Waals surface area contributed by atoms with Crippen LogP contribution in [0, 0.1) is 5.92 Å². The standard InChI is InChI=1S/C16H21NO5S/c1-16(15(19)20,13-5-3-2-4-6-13)11-17-14(18)9-12-7-8-23(21,22)10-12/h2-6,12H,7-11H2,1H3,(H,17,18)(H,19,20). The van der Waals surface area contributed by atoms with Crippen molar-refractivity contribution < 1.29 is 23.1 Å². The molecule has 1 aromatic carbocycles. The van der Waals surface area contributed by atoms with Crippen molar-refractivity contribution in [3.05, 3.63) is 35.9 Å². The first-order chi connectivity index (χ1) is 10.7. The lowest BCUT2D eigenvalue weighted by atomic mass is 9.82. The Morgan fingerprint density at radius 1 is 1.30 bits per heavy atom. The highest BCUT2D eigenvalue weighted by Gasteiger charge is 2.36. The molecule has 7 heteroatoms. The number of aliphatic carboxylic acids is 1. The maximum absolute atomic E-state index is 12.0. The predicted molar refractivity (Wildman–Crippen MR) is 85.8 cm³/mol. The second-order valence-electron chi connectivity index (χ2n) is 6.25. The number of rotatable bonds is 6. The van der Waals surface area contributed by atoms with E-state index >= 15 is 0 Å². The summed E-state index contributed by atoms with van der Waals surface area (Å²) in [6, 6.07) is 8.72. The summed E-state index contributed by atoms with van der Waals surface area (Å²) in [5, 5.41) is 12.2. The van der Waals surface area contributed by atoms with E-state index in [1.54, 1.807) is 37.3 Å². The van der Waals surface area contributed by atoms with Gasteiger partial charge in [-0.05, 0) is 24.8 Å². The summed E-state index contributed by atoms with van der Waals surface area (Å²) in [6.45, 7) is 1.52. The van der Waals surface area contributed by atoms with Crippen LogP contribution in [-0.2, 0) is 24.8 Å². The molecular formula is C16H21NO5S. The molecule has 0 spiro atoms. The van der Waals surface area contributed by atoms with Crippen LogP contribution >= 0.6 is 0 Å². The van der Waals surface area contributed by atoms with Gasteiger partial charge in [0.1, 0.15) is 5.41 Å². The largest absolute Gasteiger partial charge is 0.481 e. The van der Waals surface area contributed by atoms with Gasteiger partial charge in [0, 0.05) is 13.0 Å². The van der Waals surface area contributed by atoms with Gasteiger partial charge in [-0.2, -0.15) is 0 Å². The Labute approximate surface area is 135 Å². The van der Waals surface area contributed by atoms with Crippen molar-refractivity contribution in [3.63, 3.8) is 0 Å². The van der Waals surface area contributed by atoms with Gasteiger partial charge in [-0.15, -0.1) is 0 Å². The van der Waals surface area contributed by atoms with Gasteiger partial charge in [-0.1, -0.05) is 30.3 Å². The average Bonchev–Trinajstić information content (AvgIpc) is 2.84. The molecule has 1 aliphatic heterocycles. The first-order valence-electron chi connectivity index (χ1n) is 7.49. The highest BCUT2D eigenvalue weighted by atomic mass is 32.2. The van der Waals surface area contributed by atoms with Crippen molar-refractivity contribution in [3.8, 4) is 0 Å². The van der Waals surface area contributed by atoms with Crippen molar-refractivity contribution in [1.82, 2.24) is 5.32 Å². The van der Waals surface area contributed by atoms with Gasteiger partial charge in [-0.25, -0.2) is 8.42 Å². The number of carboxylic acid groups (broad SMARTS) is 1. The van der Waals surface area contributed by atoms with E-state index in [4.69, 9.17) is 0 Å². The number of carboxylic acids is 1. The fraction of sp³-hybridized carbons (Fsp3) is 0.500. The van der Waals surface area contributed by atoms with E-state index < -0.39 is 21.2 Å². The number of nitrogens with one attached hydrogen (secondary N) is 1. The average molecular weight is 339 g/mol. The first-order valence-corrected chi connectivity index (χ1v) is 9.31. The number of amides is 1. The molecule has 6 nitrogen and oxygen atoms in total. The molecule has 0 radical (unpaired) electrons. The van der Waals surface area contributed by atoms with Crippen LogP contribution in [0.4, 0.5) is 0 Å². The Morgan fingerprint density at radius 3 is 2.48 bits per heavy atom. The SMILES string of the molecule is CC(CNC(=O)CC1CCS(=O)(=O)C1)(C(=O)O)c1ccccc1. The minimum atomic E-state index is -3.01. The molecule has 1 amide bonds. The lowest BCUT2D eigenvalue weighted by Gasteiger charge is -2.26. The molecule has 0 bridgehead atoms. The summed E-state index contributed by atoms with van der Waals surface area (Å²) in [7, 11) is -3.01. The van der Waals surface area contributed by atoms with Crippen molar-refractivity contribution in [2.75, 3.05) is 18.1 Å². The van der Waals surface area contributed by atoms with Crippen LogP contribution in [0.15, 0.2) is 30.3 Å². The molecule has 1 aromatic rings. The number of sulfone groups is 1. The smallest absolute Gasteiger partial charge is 0.315 e. The van der Waals surface area contributed by atoms with Gasteiger partial charge in [0.25, 0.3) is 0 Å². The van der Waals surface area contributed by atoms with E-state index in [0.29, 0.717) is 12.0 Å². The third kappa shape index (κ3) is 4.31. The first kappa shape index (κ1) is 17.5. The fourth-order valence-corrected chi connectivity index (χ4v) is 4.61. The van der Waals surface area contributed by atoms with Crippen LogP contribution in [0.5, 0.6) is 0 Å². The number of carbonyl (C=O) groups excluding carboxylic acids is 1. The minimum absolute atomic E-state index is 0.0370. The zero-order chi connectivity index (χ0) is 17.1. The monoisotopic (exact) mass is 339 g/mol. The normalized spacial score (nSPS) is 22.2. The molecule has 1 saturated heterocycles. The third-order valence-corrected chi connectivity index (χ3v) is 6.16. The second-order valence-corrected chi connectivity index (χ2v) is 8.48. The molecule has 1 fully saturated rings. The highest BCUT2D eigenvalue weighted by Crippen LogP contribution is 2.24. The number of hydrogen-bond acceptors (Lipinski definition) is 4. The number of carbonyl (C=O) groups is 2. The maximum atomic E-state index is 12.0. The van der Waals surface area contributed by atoms with Crippen LogP contribution in [-0.4, -0.2) is 43.5 Å². The zero-order valence-corrected chi connectivity index (χ0v) is 13.8. The summed E-state index contributed by atoms with van der Waals surface area (Å²) in [6.07, 6.45) is 0.606. The van der Waals surface area contributed by atoms with Gasteiger partial charge in [-0.3, -0.25) is 9.59 Å². The van der Waals surface area contributed by atoms with Crippen molar-refractivity contribution in [1.29, 1.82) is 0 Å². The van der Waals surface area contributed by atoms with Gasteiger partial charge in [0.2, 0.25) is 5.91 Å². The molecule has 2 atom stereocenters. The molecule has 0 aromatic heterocycles. The topological polar surface area (TPSA) is 101 Å². The van der Waals surface area contributed by atoms with Gasteiger partial charge >= 0.3 is 5.97 Å². The van der Waals surface area contributed by atoms with Gasteiger partial charge in [0.05, 0.1) is 11.5 Å². The van der Waals surface area contributed by atoms with E-state index in [1.807, 2.05) is 0 Å². The summed E-state index contributed by atoms with van der Waals surface area (Å²) in [5.41, 5.74) is -0.616. The Morgan fingerprint density at radius 2 is 1.96 bits per heavy atom. The summed E-state index contributed by atoms with van der Waals surface area (Å²) >= 11 is 0. The molecular weight excluding hydrogens is 318 g/mol. The van der Waals surface area contributed by atoms with E-state index in [0.717, 1.165) is 0 Å². The van der Waals surface area contributed by atoms with Gasteiger partial charge in [0.15, 0.2) is 9.84 Å². The quantitative estimate of drug-likeness (QED) is 0.804. The fourth-order valence-electron chi connectivity index (χ4n) is 2.75. The Kier molecular flexibility index (Phi) is 5.09. The molecule has 2 rings (SSSR count). The van der Waals surface area contributed by atoms with Crippen LogP contribution < -0.4 is 5.32 Å².